The van der Waals surface area contributed by atoms with Crippen LogP contribution in [0.25, 0.3) is 0 Å². The Bertz CT molecular complexity index is 608. The van der Waals surface area contributed by atoms with Crippen LogP contribution in [0.2, 0.25) is 5.02 Å². The van der Waals surface area contributed by atoms with Crippen molar-refractivity contribution in [1.82, 2.24) is 0 Å². The summed E-state index contributed by atoms with van der Waals surface area (Å²) in [5.41, 5.74) is 6.77. The van der Waals surface area contributed by atoms with Gasteiger partial charge >= 0.3 is 0 Å². The summed E-state index contributed by atoms with van der Waals surface area (Å²) in [5, 5.41) is 11.0. The molecule has 0 radical (unpaired) electrons. The molecule has 0 aliphatic heterocycles. The van der Waals surface area contributed by atoms with Gasteiger partial charge in [-0.1, -0.05) is 35.9 Å². The fraction of sp³-hybridized carbons (Fsp3) is 0.200. The van der Waals surface area contributed by atoms with Gasteiger partial charge in [0.15, 0.2) is 0 Å². The Morgan fingerprint density at radius 1 is 1.25 bits per heavy atom. The van der Waals surface area contributed by atoms with Gasteiger partial charge in [-0.15, -0.1) is 0 Å². The van der Waals surface area contributed by atoms with Crippen LogP contribution < -0.4 is 5.73 Å². The van der Waals surface area contributed by atoms with E-state index in [2.05, 4.69) is 15.9 Å². The average Bonchev–Trinajstić information content (AvgIpc) is 2.44. The first kappa shape index (κ1) is 15.4. The maximum absolute atomic E-state index is 13.8. The fourth-order valence-electron chi connectivity index (χ4n) is 2.13. The first-order chi connectivity index (χ1) is 9.54. The van der Waals surface area contributed by atoms with Crippen molar-refractivity contribution >= 4 is 27.5 Å². The minimum Gasteiger partial charge on any atom is -0.388 e. The summed E-state index contributed by atoms with van der Waals surface area (Å²) in [7, 11) is 0. The van der Waals surface area contributed by atoms with Gasteiger partial charge in [0.25, 0.3) is 0 Å². The number of hydrogen-bond acceptors (Lipinski definition) is 2. The standard InChI is InChI=1S/C15H14BrClFNO/c16-12-7-9(5-6-13(12)17)15(20)11(8-19)10-3-1-2-4-14(10)18/h1-7,11,15,20H,8,19H2. The van der Waals surface area contributed by atoms with Crippen molar-refractivity contribution in [3.63, 3.8) is 0 Å². The van der Waals surface area contributed by atoms with Gasteiger partial charge in [-0.25, -0.2) is 4.39 Å². The monoisotopic (exact) mass is 357 g/mol. The van der Waals surface area contributed by atoms with E-state index < -0.39 is 12.0 Å². The highest BCUT2D eigenvalue weighted by Crippen LogP contribution is 2.34. The zero-order valence-electron chi connectivity index (χ0n) is 10.6. The molecule has 0 spiro atoms. The van der Waals surface area contributed by atoms with Gasteiger partial charge in [0.1, 0.15) is 5.82 Å². The van der Waals surface area contributed by atoms with E-state index in [-0.39, 0.29) is 12.4 Å². The second-order valence-corrected chi connectivity index (χ2v) is 5.74. The topological polar surface area (TPSA) is 46.2 Å². The van der Waals surface area contributed by atoms with E-state index >= 15 is 0 Å². The Labute approximate surface area is 130 Å². The van der Waals surface area contributed by atoms with E-state index in [0.29, 0.717) is 20.6 Å². The van der Waals surface area contributed by atoms with Crippen molar-refractivity contribution in [3.8, 4) is 0 Å². The predicted molar refractivity (Wildman–Crippen MR) is 82.3 cm³/mol. The second-order valence-electron chi connectivity index (χ2n) is 4.48. The molecule has 0 heterocycles. The number of halogens is 3. The van der Waals surface area contributed by atoms with Crippen LogP contribution in [0.1, 0.15) is 23.1 Å². The lowest BCUT2D eigenvalue weighted by Crippen LogP contribution is -2.21. The largest absolute Gasteiger partial charge is 0.388 e. The number of benzene rings is 2. The van der Waals surface area contributed by atoms with Crippen LogP contribution in [0.15, 0.2) is 46.9 Å². The molecule has 2 aromatic rings. The summed E-state index contributed by atoms with van der Waals surface area (Å²) in [6.45, 7) is 0.141. The summed E-state index contributed by atoms with van der Waals surface area (Å²) in [6.07, 6.45) is -0.898. The summed E-state index contributed by atoms with van der Waals surface area (Å²) >= 11 is 9.24. The summed E-state index contributed by atoms with van der Waals surface area (Å²) in [6, 6.07) is 11.4. The number of aliphatic hydroxyl groups is 1. The van der Waals surface area contributed by atoms with Gasteiger partial charge in [-0.2, -0.15) is 0 Å². The van der Waals surface area contributed by atoms with Gasteiger partial charge in [0, 0.05) is 16.9 Å². The molecule has 5 heteroatoms. The van der Waals surface area contributed by atoms with Gasteiger partial charge in [0.05, 0.1) is 11.1 Å². The average molecular weight is 359 g/mol. The van der Waals surface area contributed by atoms with Crippen LogP contribution >= 0.6 is 27.5 Å². The lowest BCUT2D eigenvalue weighted by atomic mass is 9.89. The molecule has 106 valence electrons. The molecule has 2 aromatic carbocycles. The van der Waals surface area contributed by atoms with Crippen molar-refractivity contribution in [3.05, 3.63) is 68.9 Å². The highest BCUT2D eigenvalue weighted by atomic mass is 79.9. The van der Waals surface area contributed by atoms with Gasteiger partial charge in [-0.05, 0) is 45.3 Å². The van der Waals surface area contributed by atoms with E-state index in [1.165, 1.54) is 6.07 Å². The van der Waals surface area contributed by atoms with Crippen molar-refractivity contribution in [2.75, 3.05) is 6.54 Å². The first-order valence-corrected chi connectivity index (χ1v) is 7.29. The third kappa shape index (κ3) is 3.20. The maximum atomic E-state index is 13.8. The van der Waals surface area contributed by atoms with Gasteiger partial charge in [0.2, 0.25) is 0 Å². The van der Waals surface area contributed by atoms with Crippen molar-refractivity contribution in [2.45, 2.75) is 12.0 Å². The molecule has 3 N–H and O–H groups in total. The Balaban J connectivity index is 2.36. The lowest BCUT2D eigenvalue weighted by Gasteiger charge is -2.23. The number of aliphatic hydroxyl groups excluding tert-OH is 1. The Hall–Kier alpha value is -0.940. The molecule has 0 saturated heterocycles. The zero-order valence-corrected chi connectivity index (χ0v) is 12.9. The Morgan fingerprint density at radius 2 is 1.95 bits per heavy atom. The lowest BCUT2D eigenvalue weighted by molar-refractivity contribution is 0.145. The molecule has 2 rings (SSSR count). The minimum atomic E-state index is -0.898. The molecule has 2 atom stereocenters. The van der Waals surface area contributed by atoms with Crippen LogP contribution in [0.3, 0.4) is 0 Å². The van der Waals surface area contributed by atoms with E-state index in [0.717, 1.165) is 0 Å². The molecule has 0 aromatic heterocycles. The molecule has 0 aliphatic rings. The normalized spacial score (nSPS) is 14.1. The predicted octanol–water partition coefficient (Wildman–Crippen LogP) is 4.02. The Kier molecular flexibility index (Phi) is 5.16. The third-order valence-electron chi connectivity index (χ3n) is 3.22. The second kappa shape index (κ2) is 6.68. The minimum absolute atomic E-state index is 0.141. The van der Waals surface area contributed by atoms with Gasteiger partial charge < -0.3 is 10.8 Å². The van der Waals surface area contributed by atoms with Crippen LogP contribution in [0, 0.1) is 5.82 Å². The molecule has 2 nitrogen and oxygen atoms in total. The third-order valence-corrected chi connectivity index (χ3v) is 4.44. The zero-order chi connectivity index (χ0) is 14.7. The molecule has 20 heavy (non-hydrogen) atoms. The van der Waals surface area contributed by atoms with Crippen LogP contribution in [0.4, 0.5) is 4.39 Å². The van der Waals surface area contributed by atoms with Crippen LogP contribution in [0.5, 0.6) is 0 Å². The van der Waals surface area contributed by atoms with Crippen molar-refractivity contribution in [2.24, 2.45) is 5.73 Å². The van der Waals surface area contributed by atoms with E-state index in [1.54, 1.807) is 36.4 Å². The van der Waals surface area contributed by atoms with Crippen molar-refractivity contribution < 1.29 is 9.50 Å². The van der Waals surface area contributed by atoms with E-state index in [9.17, 15) is 9.50 Å². The molecule has 2 unspecified atom stereocenters. The Morgan fingerprint density at radius 3 is 2.55 bits per heavy atom. The summed E-state index contributed by atoms with van der Waals surface area (Å²) in [4.78, 5) is 0. The van der Waals surface area contributed by atoms with Crippen LogP contribution in [-0.2, 0) is 0 Å². The van der Waals surface area contributed by atoms with Crippen molar-refractivity contribution in [1.29, 1.82) is 0 Å². The molecule has 0 amide bonds. The summed E-state index contributed by atoms with van der Waals surface area (Å²) in [5.74, 6) is -0.876. The molecular formula is C15H14BrClFNO. The molecule has 0 saturated carbocycles. The molecule has 0 fully saturated rings. The maximum Gasteiger partial charge on any atom is 0.126 e. The van der Waals surface area contributed by atoms with Gasteiger partial charge in [-0.3, -0.25) is 0 Å². The highest BCUT2D eigenvalue weighted by Gasteiger charge is 2.24. The van der Waals surface area contributed by atoms with E-state index in [4.69, 9.17) is 17.3 Å². The quantitative estimate of drug-likeness (QED) is 0.867. The number of nitrogens with two attached hydrogens (primary N) is 1. The summed E-state index contributed by atoms with van der Waals surface area (Å²) < 4.78 is 14.5. The fourth-order valence-corrected chi connectivity index (χ4v) is 2.64. The number of rotatable bonds is 4. The smallest absolute Gasteiger partial charge is 0.126 e. The van der Waals surface area contributed by atoms with Crippen LogP contribution in [-0.4, -0.2) is 11.7 Å². The molecular weight excluding hydrogens is 345 g/mol. The van der Waals surface area contributed by atoms with E-state index in [1.807, 2.05) is 0 Å². The molecule has 0 aliphatic carbocycles. The molecule has 0 bridgehead atoms. The number of hydrogen-bond donors (Lipinski definition) is 2. The SMILES string of the molecule is NCC(c1ccccc1F)C(O)c1ccc(Cl)c(Br)c1. The highest BCUT2D eigenvalue weighted by molar-refractivity contribution is 9.10. The first-order valence-electron chi connectivity index (χ1n) is 6.12.